The molecule has 3 rings (SSSR count). The van der Waals surface area contributed by atoms with E-state index in [1.54, 1.807) is 12.1 Å². The highest BCUT2D eigenvalue weighted by Gasteiger charge is 2.34. The Morgan fingerprint density at radius 1 is 1.33 bits per heavy atom. The molecule has 1 amide bonds. The number of nitrogens with zero attached hydrogens (tertiary/aromatic N) is 2. The Morgan fingerprint density at radius 3 is 2.75 bits per heavy atom. The second-order valence-electron chi connectivity index (χ2n) is 5.35. The fourth-order valence-corrected chi connectivity index (χ4v) is 5.64. The number of nitro groups is 1. The fraction of sp³-hybridized carbons (Fsp3) is 0.357. The van der Waals surface area contributed by atoms with Crippen molar-refractivity contribution in [2.45, 2.75) is 11.7 Å². The lowest BCUT2D eigenvalue weighted by atomic mass is 10.2. The zero-order valence-corrected chi connectivity index (χ0v) is 14.1. The van der Waals surface area contributed by atoms with Crippen molar-refractivity contribution in [3.63, 3.8) is 0 Å². The van der Waals surface area contributed by atoms with Crippen LogP contribution < -0.4 is 0 Å². The molecule has 2 aromatic rings. The van der Waals surface area contributed by atoms with Crippen molar-refractivity contribution in [3.05, 3.63) is 50.4 Å². The van der Waals surface area contributed by atoms with Crippen molar-refractivity contribution in [2.24, 2.45) is 0 Å². The van der Waals surface area contributed by atoms with Crippen LogP contribution in [-0.4, -0.2) is 43.0 Å². The van der Waals surface area contributed by atoms with E-state index in [0.717, 1.165) is 10.9 Å². The first-order valence-electron chi connectivity index (χ1n) is 7.17. The van der Waals surface area contributed by atoms with E-state index in [1.807, 2.05) is 5.38 Å². The summed E-state index contributed by atoms with van der Waals surface area (Å²) in [6.07, 6.45) is 0.289. The smallest absolute Gasteiger partial charge is 0.395 e. The van der Waals surface area contributed by atoms with Gasteiger partial charge in [0.25, 0.3) is 5.91 Å². The van der Waals surface area contributed by atoms with Gasteiger partial charge in [0.15, 0.2) is 15.6 Å². The molecule has 2 aromatic heterocycles. The van der Waals surface area contributed by atoms with Gasteiger partial charge in [-0.15, -0.1) is 11.3 Å². The maximum Gasteiger partial charge on any atom is 0.433 e. The van der Waals surface area contributed by atoms with E-state index in [-0.39, 0.29) is 31.0 Å². The van der Waals surface area contributed by atoms with Crippen LogP contribution >= 0.6 is 11.3 Å². The van der Waals surface area contributed by atoms with Gasteiger partial charge in [-0.3, -0.25) is 14.9 Å². The summed E-state index contributed by atoms with van der Waals surface area (Å²) < 4.78 is 29.8. The molecule has 0 spiro atoms. The Labute approximate surface area is 141 Å². The predicted octanol–water partition coefficient (Wildman–Crippen LogP) is 2.25. The Kier molecular flexibility index (Phi) is 4.41. The molecule has 1 saturated heterocycles. The molecule has 8 nitrogen and oxygen atoms in total. The number of rotatable bonds is 3. The Balaban J connectivity index is 1.79. The van der Waals surface area contributed by atoms with Gasteiger partial charge in [0, 0.05) is 18.0 Å². The van der Waals surface area contributed by atoms with Crippen molar-refractivity contribution in [2.75, 3.05) is 18.8 Å². The van der Waals surface area contributed by atoms with Gasteiger partial charge < -0.3 is 9.32 Å². The number of hydrogen-bond acceptors (Lipinski definition) is 7. The molecule has 1 aliphatic heterocycles. The second kappa shape index (κ2) is 6.36. The summed E-state index contributed by atoms with van der Waals surface area (Å²) in [5.74, 6) is -1.36. The molecule has 0 bridgehead atoms. The van der Waals surface area contributed by atoms with Crippen molar-refractivity contribution >= 4 is 33.0 Å². The normalized spacial score (nSPS) is 20.5. The summed E-state index contributed by atoms with van der Waals surface area (Å²) in [6.45, 7) is 0.284. The second-order valence-corrected chi connectivity index (χ2v) is 8.63. The molecular weight excluding hydrogens is 356 g/mol. The quantitative estimate of drug-likeness (QED) is 0.605. The summed E-state index contributed by atoms with van der Waals surface area (Å²) in [7, 11) is -3.36. The maximum absolute atomic E-state index is 12.5. The largest absolute Gasteiger partial charge is 0.433 e. The number of sulfone groups is 1. The van der Waals surface area contributed by atoms with Crippen LogP contribution in [0.5, 0.6) is 0 Å². The van der Waals surface area contributed by atoms with Gasteiger partial charge in [-0.1, -0.05) is 6.07 Å². The summed E-state index contributed by atoms with van der Waals surface area (Å²) in [5.41, 5.74) is 0. The van der Waals surface area contributed by atoms with E-state index in [4.69, 9.17) is 4.42 Å². The Hall–Kier alpha value is -2.20. The first-order valence-corrected chi connectivity index (χ1v) is 9.76. The molecule has 1 atom stereocenters. The molecule has 0 aromatic carbocycles. The summed E-state index contributed by atoms with van der Waals surface area (Å²) in [6, 6.07) is 5.92. The van der Waals surface area contributed by atoms with Crippen LogP contribution in [0.4, 0.5) is 5.88 Å². The van der Waals surface area contributed by atoms with E-state index in [1.165, 1.54) is 22.3 Å². The fourth-order valence-electron chi connectivity index (χ4n) is 2.64. The third kappa shape index (κ3) is 3.20. The standard InChI is InChI=1S/C14H14N2O6S2/c17-14(10-3-4-13(22-10)16(18)19)15-6-5-12(11-2-1-8-23-11)24(20,21)9-7-15/h1-4,8,12H,5-7,9H2. The zero-order valence-electron chi connectivity index (χ0n) is 12.5. The summed E-state index contributed by atoms with van der Waals surface area (Å²) >= 11 is 1.38. The lowest BCUT2D eigenvalue weighted by Crippen LogP contribution is -2.33. The average Bonchev–Trinajstić information content (AvgIpc) is 3.18. The van der Waals surface area contributed by atoms with Gasteiger partial charge in [0.2, 0.25) is 0 Å². The monoisotopic (exact) mass is 370 g/mol. The van der Waals surface area contributed by atoms with Crippen molar-refractivity contribution < 1.29 is 22.6 Å². The van der Waals surface area contributed by atoms with Crippen LogP contribution in [0.2, 0.25) is 0 Å². The molecule has 0 radical (unpaired) electrons. The Morgan fingerprint density at radius 2 is 2.12 bits per heavy atom. The van der Waals surface area contributed by atoms with Crippen molar-refractivity contribution in [1.29, 1.82) is 0 Å². The molecule has 128 valence electrons. The van der Waals surface area contributed by atoms with Gasteiger partial charge in [0.1, 0.15) is 4.92 Å². The van der Waals surface area contributed by atoms with Gasteiger partial charge in [0.05, 0.1) is 17.1 Å². The lowest BCUT2D eigenvalue weighted by Gasteiger charge is -2.18. The molecule has 24 heavy (non-hydrogen) atoms. The highest BCUT2D eigenvalue weighted by molar-refractivity contribution is 7.91. The number of furan rings is 1. The zero-order chi connectivity index (χ0) is 17.3. The van der Waals surface area contributed by atoms with Crippen LogP contribution in [0.3, 0.4) is 0 Å². The Bertz CT molecular complexity index is 856. The molecular formula is C14H14N2O6S2. The van der Waals surface area contributed by atoms with Crippen molar-refractivity contribution in [3.8, 4) is 0 Å². The SMILES string of the molecule is O=C(c1ccc([N+](=O)[O-])o1)N1CCC(c2cccs2)S(=O)(=O)CC1. The van der Waals surface area contributed by atoms with Crippen LogP contribution in [0, 0.1) is 10.1 Å². The highest BCUT2D eigenvalue weighted by atomic mass is 32.2. The number of amides is 1. The van der Waals surface area contributed by atoms with E-state index < -0.39 is 31.8 Å². The molecule has 1 aliphatic rings. The summed E-state index contributed by atoms with van der Waals surface area (Å²) in [4.78, 5) is 24.5. The van der Waals surface area contributed by atoms with Crippen LogP contribution in [-0.2, 0) is 9.84 Å². The molecule has 0 saturated carbocycles. The number of thiophene rings is 1. The van der Waals surface area contributed by atoms with E-state index in [0.29, 0.717) is 0 Å². The molecule has 0 N–H and O–H groups in total. The van der Waals surface area contributed by atoms with E-state index in [9.17, 15) is 23.3 Å². The predicted molar refractivity (Wildman–Crippen MR) is 86.7 cm³/mol. The number of carbonyl (C=O) groups is 1. The summed E-state index contributed by atoms with van der Waals surface area (Å²) in [5, 5.41) is 11.8. The van der Waals surface area contributed by atoms with Crippen LogP contribution in [0.15, 0.2) is 34.1 Å². The maximum atomic E-state index is 12.5. The number of carbonyl (C=O) groups excluding carboxylic acids is 1. The third-order valence-electron chi connectivity index (χ3n) is 3.87. The van der Waals surface area contributed by atoms with Crippen LogP contribution in [0.25, 0.3) is 0 Å². The molecule has 3 heterocycles. The highest BCUT2D eigenvalue weighted by Crippen LogP contribution is 2.32. The molecule has 10 heteroatoms. The molecule has 0 aliphatic carbocycles. The van der Waals surface area contributed by atoms with Gasteiger partial charge in [-0.2, -0.15) is 0 Å². The first kappa shape index (κ1) is 16.7. The minimum atomic E-state index is -3.36. The first-order chi connectivity index (χ1) is 11.4. The van der Waals surface area contributed by atoms with Gasteiger partial charge in [-0.05, 0) is 23.9 Å². The van der Waals surface area contributed by atoms with E-state index in [2.05, 4.69) is 0 Å². The third-order valence-corrected chi connectivity index (χ3v) is 7.11. The lowest BCUT2D eigenvalue weighted by molar-refractivity contribution is -0.402. The molecule has 1 unspecified atom stereocenters. The number of hydrogen-bond donors (Lipinski definition) is 0. The van der Waals surface area contributed by atoms with E-state index >= 15 is 0 Å². The van der Waals surface area contributed by atoms with Gasteiger partial charge >= 0.3 is 5.88 Å². The minimum Gasteiger partial charge on any atom is -0.395 e. The average molecular weight is 370 g/mol. The minimum absolute atomic E-state index is 0.0392. The topological polar surface area (TPSA) is 111 Å². The van der Waals surface area contributed by atoms with Gasteiger partial charge in [-0.25, -0.2) is 8.42 Å². The van der Waals surface area contributed by atoms with Crippen molar-refractivity contribution in [1.82, 2.24) is 4.90 Å². The molecule has 1 fully saturated rings. The van der Waals surface area contributed by atoms with Crippen LogP contribution in [0.1, 0.15) is 27.1 Å².